The van der Waals surface area contributed by atoms with E-state index in [4.69, 9.17) is 4.74 Å². The van der Waals surface area contributed by atoms with Crippen LogP contribution in [0.1, 0.15) is 50.2 Å². The van der Waals surface area contributed by atoms with Gasteiger partial charge in [-0.15, -0.1) is 0 Å². The van der Waals surface area contributed by atoms with Crippen LogP contribution in [0.3, 0.4) is 0 Å². The number of amides is 3. The van der Waals surface area contributed by atoms with Crippen molar-refractivity contribution in [2.45, 2.75) is 58.6 Å². The Labute approximate surface area is 170 Å². The quantitative estimate of drug-likeness (QED) is 0.559. The lowest BCUT2D eigenvalue weighted by atomic mass is 9.81. The summed E-state index contributed by atoms with van der Waals surface area (Å²) in [6, 6.07) is 7.77. The maximum Gasteiger partial charge on any atom is 0.308 e. The van der Waals surface area contributed by atoms with Crippen molar-refractivity contribution in [3.8, 4) is 0 Å². The zero-order valence-electron chi connectivity index (χ0n) is 17.0. The molecule has 1 N–H and O–H groups in total. The number of carbonyl (C=O) groups is 4. The van der Waals surface area contributed by atoms with Crippen molar-refractivity contribution in [2.24, 2.45) is 11.8 Å². The summed E-state index contributed by atoms with van der Waals surface area (Å²) in [4.78, 5) is 50.3. The monoisotopic (exact) mass is 400 g/mol. The lowest BCUT2D eigenvalue weighted by Crippen LogP contribution is -2.37. The molecule has 2 fully saturated rings. The number of likely N-dealkylation sites (tertiary alicyclic amines) is 1. The Bertz CT molecular complexity index is 765. The fraction of sp³-hybridized carbons (Fsp3) is 0.545. The molecule has 3 amide bonds. The molecule has 1 aromatic rings. The lowest BCUT2D eigenvalue weighted by molar-refractivity contribution is -0.155. The van der Waals surface area contributed by atoms with E-state index >= 15 is 0 Å². The van der Waals surface area contributed by atoms with Gasteiger partial charge in [-0.1, -0.05) is 42.7 Å². The minimum absolute atomic E-state index is 0.0151. The summed E-state index contributed by atoms with van der Waals surface area (Å²) in [5, 5.41) is 2.73. The zero-order valence-corrected chi connectivity index (χ0v) is 17.0. The number of fused-ring (bicyclic) bond motifs is 1. The molecule has 0 unspecified atom stereocenters. The molecule has 1 heterocycles. The van der Waals surface area contributed by atoms with Crippen molar-refractivity contribution in [1.29, 1.82) is 0 Å². The van der Waals surface area contributed by atoms with Crippen LogP contribution in [0.2, 0.25) is 0 Å². The summed E-state index contributed by atoms with van der Waals surface area (Å²) in [6.07, 6.45) is 2.37. The first-order valence-electron chi connectivity index (χ1n) is 10.2. The average molecular weight is 400 g/mol. The van der Waals surface area contributed by atoms with E-state index in [2.05, 4.69) is 5.32 Å². The summed E-state index contributed by atoms with van der Waals surface area (Å²) in [7, 11) is 0. The van der Waals surface area contributed by atoms with Crippen LogP contribution in [0.4, 0.5) is 0 Å². The number of hydrogen-bond acceptors (Lipinski definition) is 5. The maximum absolute atomic E-state index is 12.4. The van der Waals surface area contributed by atoms with E-state index in [9.17, 15) is 19.2 Å². The zero-order chi connectivity index (χ0) is 21.0. The molecule has 1 aliphatic heterocycles. The number of rotatable bonds is 7. The van der Waals surface area contributed by atoms with Crippen LogP contribution in [0, 0.1) is 18.8 Å². The second-order valence-corrected chi connectivity index (χ2v) is 7.91. The standard InChI is InChI=1S/C22H28N2O5/c1-14-7-9-16(10-8-14)13-23-20(26)15(2)29-19(25)11-12-24-21(27)17-5-3-4-6-18(17)22(24)28/h7-10,15,17-18H,3-6,11-13H2,1-2H3,(H,23,26)/t15-,17-,18+/m0/s1. The molecule has 156 valence electrons. The summed E-state index contributed by atoms with van der Waals surface area (Å²) in [5.74, 6) is -1.78. The third-order valence-corrected chi connectivity index (χ3v) is 5.74. The molecule has 1 saturated heterocycles. The molecule has 0 bridgehead atoms. The van der Waals surface area contributed by atoms with Crippen molar-refractivity contribution in [3.05, 3.63) is 35.4 Å². The van der Waals surface area contributed by atoms with Gasteiger partial charge in [-0.2, -0.15) is 0 Å². The molecular weight excluding hydrogens is 372 g/mol. The van der Waals surface area contributed by atoms with Gasteiger partial charge in [0.25, 0.3) is 5.91 Å². The highest BCUT2D eigenvalue weighted by Gasteiger charge is 2.47. The van der Waals surface area contributed by atoms with Gasteiger partial charge < -0.3 is 10.1 Å². The van der Waals surface area contributed by atoms with Gasteiger partial charge in [0.15, 0.2) is 6.10 Å². The molecule has 7 heteroatoms. The van der Waals surface area contributed by atoms with E-state index in [1.807, 2.05) is 31.2 Å². The number of ether oxygens (including phenoxy) is 1. The van der Waals surface area contributed by atoms with Crippen LogP contribution < -0.4 is 5.32 Å². The smallest absolute Gasteiger partial charge is 0.308 e. The molecule has 7 nitrogen and oxygen atoms in total. The van der Waals surface area contributed by atoms with E-state index in [0.717, 1.165) is 36.8 Å². The maximum atomic E-state index is 12.4. The molecule has 3 atom stereocenters. The molecule has 2 aliphatic rings. The van der Waals surface area contributed by atoms with Gasteiger partial charge in [0.1, 0.15) is 0 Å². The molecule has 0 aromatic heterocycles. The van der Waals surface area contributed by atoms with Gasteiger partial charge in [0.2, 0.25) is 11.8 Å². The van der Waals surface area contributed by atoms with Crippen LogP contribution in [0.25, 0.3) is 0 Å². The van der Waals surface area contributed by atoms with Gasteiger partial charge in [-0.25, -0.2) is 0 Å². The molecule has 1 aromatic carbocycles. The van der Waals surface area contributed by atoms with Crippen LogP contribution >= 0.6 is 0 Å². The fourth-order valence-electron chi connectivity index (χ4n) is 4.00. The molecule has 0 spiro atoms. The van der Waals surface area contributed by atoms with E-state index < -0.39 is 18.0 Å². The van der Waals surface area contributed by atoms with E-state index in [1.54, 1.807) is 0 Å². The number of esters is 1. The Morgan fingerprint density at radius 2 is 1.69 bits per heavy atom. The molecule has 0 radical (unpaired) electrons. The summed E-state index contributed by atoms with van der Waals surface area (Å²) in [5.41, 5.74) is 2.09. The first kappa shape index (κ1) is 21.0. The Morgan fingerprint density at radius 3 is 2.28 bits per heavy atom. The Kier molecular flexibility index (Phi) is 6.67. The highest BCUT2D eigenvalue weighted by Crippen LogP contribution is 2.37. The number of hydrogen-bond donors (Lipinski definition) is 1. The molecular formula is C22H28N2O5. The molecule has 29 heavy (non-hydrogen) atoms. The second-order valence-electron chi connectivity index (χ2n) is 7.91. The fourth-order valence-corrected chi connectivity index (χ4v) is 4.00. The van der Waals surface area contributed by atoms with Gasteiger partial charge in [0.05, 0.1) is 18.3 Å². The summed E-state index contributed by atoms with van der Waals surface area (Å²) < 4.78 is 5.17. The van der Waals surface area contributed by atoms with E-state index in [1.165, 1.54) is 11.8 Å². The number of nitrogens with zero attached hydrogens (tertiary/aromatic N) is 1. The van der Waals surface area contributed by atoms with Crippen LogP contribution in [-0.2, 0) is 30.5 Å². The Morgan fingerprint density at radius 1 is 1.10 bits per heavy atom. The molecule has 1 saturated carbocycles. The third-order valence-electron chi connectivity index (χ3n) is 5.74. The normalized spacial score (nSPS) is 22.2. The van der Waals surface area contributed by atoms with Crippen LogP contribution in [-0.4, -0.2) is 41.2 Å². The van der Waals surface area contributed by atoms with Crippen molar-refractivity contribution >= 4 is 23.7 Å². The van der Waals surface area contributed by atoms with E-state index in [-0.39, 0.29) is 36.6 Å². The number of carbonyl (C=O) groups excluding carboxylic acids is 4. The predicted octanol–water partition coefficient (Wildman–Crippen LogP) is 2.11. The van der Waals surface area contributed by atoms with Gasteiger partial charge in [-0.3, -0.25) is 24.1 Å². The van der Waals surface area contributed by atoms with Crippen molar-refractivity contribution in [3.63, 3.8) is 0 Å². The highest BCUT2D eigenvalue weighted by molar-refractivity contribution is 6.05. The topological polar surface area (TPSA) is 92.8 Å². The largest absolute Gasteiger partial charge is 0.452 e. The number of nitrogens with one attached hydrogen (secondary N) is 1. The molecule has 3 rings (SSSR count). The number of benzene rings is 1. The minimum Gasteiger partial charge on any atom is -0.452 e. The Balaban J connectivity index is 1.42. The van der Waals surface area contributed by atoms with Crippen molar-refractivity contribution in [1.82, 2.24) is 10.2 Å². The number of imide groups is 1. The highest BCUT2D eigenvalue weighted by atomic mass is 16.5. The predicted molar refractivity (Wildman–Crippen MR) is 105 cm³/mol. The lowest BCUT2D eigenvalue weighted by Gasteiger charge is -2.19. The third kappa shape index (κ3) is 5.02. The van der Waals surface area contributed by atoms with Crippen molar-refractivity contribution in [2.75, 3.05) is 6.54 Å². The Hall–Kier alpha value is -2.70. The summed E-state index contributed by atoms with van der Waals surface area (Å²) >= 11 is 0. The number of aryl methyl sites for hydroxylation is 1. The minimum atomic E-state index is -0.944. The second kappa shape index (κ2) is 9.20. The van der Waals surface area contributed by atoms with Gasteiger partial charge in [0, 0.05) is 13.1 Å². The molecule has 1 aliphatic carbocycles. The first-order chi connectivity index (χ1) is 13.9. The van der Waals surface area contributed by atoms with Crippen LogP contribution in [0.15, 0.2) is 24.3 Å². The average Bonchev–Trinajstić information content (AvgIpc) is 2.96. The van der Waals surface area contributed by atoms with Crippen molar-refractivity contribution < 1.29 is 23.9 Å². The SMILES string of the molecule is Cc1ccc(CNC(=O)[C@H](C)OC(=O)CCN2C(=O)[C@H]3CCCC[C@H]3C2=O)cc1. The summed E-state index contributed by atoms with van der Waals surface area (Å²) in [6.45, 7) is 3.85. The van der Waals surface area contributed by atoms with Gasteiger partial charge in [-0.05, 0) is 32.3 Å². The van der Waals surface area contributed by atoms with Gasteiger partial charge >= 0.3 is 5.97 Å². The van der Waals surface area contributed by atoms with E-state index in [0.29, 0.717) is 6.54 Å². The first-order valence-corrected chi connectivity index (χ1v) is 10.2. The van der Waals surface area contributed by atoms with Crippen LogP contribution in [0.5, 0.6) is 0 Å².